The van der Waals surface area contributed by atoms with Gasteiger partial charge in [-0.15, -0.1) is 5.10 Å². The molecule has 0 saturated heterocycles. The lowest BCUT2D eigenvalue weighted by atomic mass is 9.90. The molecule has 1 unspecified atom stereocenters. The zero-order valence-corrected chi connectivity index (χ0v) is 15.0. The number of aromatic nitrogens is 3. The maximum absolute atomic E-state index is 10.4. The van der Waals surface area contributed by atoms with Crippen LogP contribution in [-0.4, -0.2) is 37.8 Å². The third kappa shape index (κ3) is 4.45. The maximum Gasteiger partial charge on any atom is 0.114 e. The van der Waals surface area contributed by atoms with Crippen molar-refractivity contribution in [2.24, 2.45) is 0 Å². The van der Waals surface area contributed by atoms with Crippen LogP contribution in [0.25, 0.3) is 0 Å². The van der Waals surface area contributed by atoms with Gasteiger partial charge in [-0.05, 0) is 32.3 Å². The second-order valence-electron chi connectivity index (χ2n) is 7.44. The van der Waals surface area contributed by atoms with Gasteiger partial charge in [0.15, 0.2) is 0 Å². The molecule has 0 bridgehead atoms. The van der Waals surface area contributed by atoms with Gasteiger partial charge in [-0.1, -0.05) is 48.4 Å². The lowest BCUT2D eigenvalue weighted by Crippen LogP contribution is -2.41. The first kappa shape index (κ1) is 18.0. The van der Waals surface area contributed by atoms with Crippen LogP contribution in [0, 0.1) is 0 Å². The van der Waals surface area contributed by atoms with Gasteiger partial charge < -0.3 is 15.5 Å². The zero-order valence-electron chi connectivity index (χ0n) is 15.0. The molecule has 6 heteroatoms. The van der Waals surface area contributed by atoms with Crippen LogP contribution in [0.1, 0.15) is 62.9 Å². The fraction of sp³-hybridized carbons (Fsp3) is 0.579. The van der Waals surface area contributed by atoms with Crippen molar-refractivity contribution in [3.63, 3.8) is 0 Å². The van der Waals surface area contributed by atoms with E-state index in [0.29, 0.717) is 12.2 Å². The minimum absolute atomic E-state index is 0.195. The third-order valence-corrected chi connectivity index (χ3v) is 4.96. The Labute approximate surface area is 148 Å². The predicted octanol–water partition coefficient (Wildman–Crippen LogP) is 2.31. The van der Waals surface area contributed by atoms with Crippen molar-refractivity contribution in [1.29, 1.82) is 0 Å². The van der Waals surface area contributed by atoms with Crippen LogP contribution in [0.15, 0.2) is 36.5 Å². The highest BCUT2D eigenvalue weighted by Crippen LogP contribution is 2.29. The Morgan fingerprint density at radius 3 is 2.64 bits per heavy atom. The molecule has 136 valence electrons. The summed E-state index contributed by atoms with van der Waals surface area (Å²) in [6.07, 6.45) is 5.71. The molecular weight excluding hydrogens is 316 g/mol. The van der Waals surface area contributed by atoms with Crippen molar-refractivity contribution >= 4 is 0 Å². The predicted molar refractivity (Wildman–Crippen MR) is 96.0 cm³/mol. The molecule has 2 aromatic rings. The molecule has 1 aliphatic rings. The molecule has 3 N–H and O–H groups in total. The molecule has 0 radical (unpaired) electrons. The summed E-state index contributed by atoms with van der Waals surface area (Å²) in [5.74, 6) is 0. The number of benzene rings is 1. The molecule has 0 aliphatic heterocycles. The first-order valence-electron chi connectivity index (χ1n) is 9.06. The minimum Gasteiger partial charge on any atom is -0.387 e. The van der Waals surface area contributed by atoms with Gasteiger partial charge >= 0.3 is 0 Å². The topological polar surface area (TPSA) is 83.2 Å². The quantitative estimate of drug-likeness (QED) is 0.749. The highest BCUT2D eigenvalue weighted by molar-refractivity contribution is 5.17. The van der Waals surface area contributed by atoms with Crippen LogP contribution in [0.2, 0.25) is 0 Å². The van der Waals surface area contributed by atoms with Crippen molar-refractivity contribution in [2.45, 2.75) is 63.3 Å². The zero-order chi connectivity index (χ0) is 17.9. The molecule has 3 rings (SSSR count). The Hall–Kier alpha value is -1.76. The second-order valence-corrected chi connectivity index (χ2v) is 7.44. The molecule has 3 atom stereocenters. The van der Waals surface area contributed by atoms with Crippen LogP contribution in [0.4, 0.5) is 0 Å². The van der Waals surface area contributed by atoms with E-state index in [0.717, 1.165) is 24.8 Å². The number of aliphatic hydroxyl groups excluding tert-OH is 1. The number of hydrogen-bond acceptors (Lipinski definition) is 5. The van der Waals surface area contributed by atoms with E-state index in [-0.39, 0.29) is 12.1 Å². The van der Waals surface area contributed by atoms with Gasteiger partial charge in [0.2, 0.25) is 0 Å². The van der Waals surface area contributed by atoms with Crippen LogP contribution < -0.4 is 5.32 Å². The Balaban J connectivity index is 1.66. The van der Waals surface area contributed by atoms with Gasteiger partial charge in [0, 0.05) is 12.6 Å². The molecule has 25 heavy (non-hydrogen) atoms. The summed E-state index contributed by atoms with van der Waals surface area (Å²) in [6.45, 7) is 3.95. The van der Waals surface area contributed by atoms with Crippen molar-refractivity contribution in [1.82, 2.24) is 20.3 Å². The molecule has 1 fully saturated rings. The highest BCUT2D eigenvalue weighted by Gasteiger charge is 2.29. The average molecular weight is 344 g/mol. The molecule has 0 spiro atoms. The summed E-state index contributed by atoms with van der Waals surface area (Å²) in [4.78, 5) is 0. The Kier molecular flexibility index (Phi) is 5.51. The van der Waals surface area contributed by atoms with Gasteiger partial charge in [0.1, 0.15) is 11.3 Å². The second kappa shape index (κ2) is 7.64. The monoisotopic (exact) mass is 344 g/mol. The van der Waals surface area contributed by atoms with Crippen molar-refractivity contribution in [3.05, 3.63) is 47.8 Å². The number of nitrogens with zero attached hydrogens (tertiary/aromatic N) is 3. The van der Waals surface area contributed by atoms with E-state index < -0.39 is 11.7 Å². The van der Waals surface area contributed by atoms with Crippen LogP contribution in [0.3, 0.4) is 0 Å². The SMILES string of the molecule is CC(C)(O)c1cn([C@@H]2CCCC[C@@H]2NCC(O)c2ccccc2)nn1. The molecule has 1 saturated carbocycles. The van der Waals surface area contributed by atoms with E-state index >= 15 is 0 Å². The Bertz CT molecular complexity index is 666. The summed E-state index contributed by atoms with van der Waals surface area (Å²) in [5, 5.41) is 32.4. The molecular formula is C19H28N4O2. The lowest BCUT2D eigenvalue weighted by Gasteiger charge is -2.32. The summed E-state index contributed by atoms with van der Waals surface area (Å²) in [5.41, 5.74) is 0.521. The number of hydrogen-bond donors (Lipinski definition) is 3. The first-order valence-corrected chi connectivity index (χ1v) is 9.06. The third-order valence-electron chi connectivity index (χ3n) is 4.96. The van der Waals surface area contributed by atoms with Crippen LogP contribution in [0.5, 0.6) is 0 Å². The molecule has 0 amide bonds. The summed E-state index contributed by atoms with van der Waals surface area (Å²) in [7, 11) is 0. The molecule has 1 aromatic heterocycles. The van der Waals surface area contributed by atoms with Crippen LogP contribution >= 0.6 is 0 Å². The van der Waals surface area contributed by atoms with E-state index in [1.54, 1.807) is 13.8 Å². The minimum atomic E-state index is -0.987. The summed E-state index contributed by atoms with van der Waals surface area (Å²) in [6, 6.07) is 10.1. The molecule has 6 nitrogen and oxygen atoms in total. The number of aliphatic hydroxyl groups is 2. The number of nitrogens with one attached hydrogen (secondary N) is 1. The van der Waals surface area contributed by atoms with Gasteiger partial charge in [0.25, 0.3) is 0 Å². The van der Waals surface area contributed by atoms with Gasteiger partial charge in [-0.2, -0.15) is 0 Å². The van der Waals surface area contributed by atoms with E-state index in [1.165, 1.54) is 6.42 Å². The maximum atomic E-state index is 10.4. The normalized spacial score (nSPS) is 22.7. The van der Waals surface area contributed by atoms with E-state index in [1.807, 2.05) is 41.2 Å². The Morgan fingerprint density at radius 1 is 1.24 bits per heavy atom. The largest absolute Gasteiger partial charge is 0.387 e. The van der Waals surface area contributed by atoms with E-state index in [2.05, 4.69) is 15.6 Å². The first-order chi connectivity index (χ1) is 11.9. The number of rotatable bonds is 6. The summed E-state index contributed by atoms with van der Waals surface area (Å²) < 4.78 is 1.87. The highest BCUT2D eigenvalue weighted by atomic mass is 16.3. The standard InChI is InChI=1S/C19H28N4O2/c1-19(2,25)18-13-23(22-21-18)16-11-7-6-10-15(16)20-12-17(24)14-8-4-3-5-9-14/h3-5,8-9,13,15-17,20,24-25H,6-7,10-12H2,1-2H3/t15-,16+,17?/m0/s1. The smallest absolute Gasteiger partial charge is 0.114 e. The van der Waals surface area contributed by atoms with Crippen molar-refractivity contribution < 1.29 is 10.2 Å². The van der Waals surface area contributed by atoms with Crippen molar-refractivity contribution in [2.75, 3.05) is 6.54 Å². The molecule has 1 aromatic carbocycles. The van der Waals surface area contributed by atoms with Gasteiger partial charge in [0.05, 0.1) is 18.3 Å². The lowest BCUT2D eigenvalue weighted by molar-refractivity contribution is 0.0736. The molecule has 1 aliphatic carbocycles. The van der Waals surface area contributed by atoms with Crippen molar-refractivity contribution in [3.8, 4) is 0 Å². The van der Waals surface area contributed by atoms with Gasteiger partial charge in [-0.25, -0.2) is 4.68 Å². The fourth-order valence-corrected chi connectivity index (χ4v) is 3.44. The average Bonchev–Trinajstić information content (AvgIpc) is 3.11. The fourth-order valence-electron chi connectivity index (χ4n) is 3.44. The van der Waals surface area contributed by atoms with Crippen LogP contribution in [-0.2, 0) is 5.60 Å². The Morgan fingerprint density at radius 2 is 1.96 bits per heavy atom. The van der Waals surface area contributed by atoms with E-state index in [9.17, 15) is 10.2 Å². The summed E-state index contributed by atoms with van der Waals surface area (Å²) >= 11 is 0. The van der Waals surface area contributed by atoms with E-state index in [4.69, 9.17) is 0 Å². The van der Waals surface area contributed by atoms with Gasteiger partial charge in [-0.3, -0.25) is 0 Å². The molecule has 1 heterocycles.